The van der Waals surface area contributed by atoms with Gasteiger partial charge in [-0.05, 0) is 61.3 Å². The van der Waals surface area contributed by atoms with Crippen molar-refractivity contribution in [2.24, 2.45) is 17.8 Å². The molecule has 108 valence electrons. The first-order valence-corrected chi connectivity index (χ1v) is 8.30. The van der Waals surface area contributed by atoms with Crippen LogP contribution in [0.15, 0.2) is 18.2 Å². The zero-order chi connectivity index (χ0) is 13.7. The molecule has 1 aromatic rings. The molecule has 2 heteroatoms. The number of ether oxygens (including phenoxy) is 1. The predicted molar refractivity (Wildman–Crippen MR) is 81.0 cm³/mol. The largest absolute Gasteiger partial charge is 0.490 e. The molecule has 1 aliphatic heterocycles. The van der Waals surface area contributed by atoms with Gasteiger partial charge in [-0.2, -0.15) is 0 Å². The average Bonchev–Trinajstić information content (AvgIpc) is 2.79. The van der Waals surface area contributed by atoms with Crippen LogP contribution in [0.5, 0.6) is 5.75 Å². The molecule has 0 spiro atoms. The summed E-state index contributed by atoms with van der Waals surface area (Å²) in [7, 11) is 0. The van der Waals surface area contributed by atoms with E-state index >= 15 is 0 Å². The third-order valence-corrected chi connectivity index (χ3v) is 5.56. The zero-order valence-corrected chi connectivity index (χ0v) is 12.6. The SMILES string of the molecule is CCNC(c1ccc2c(c1)CC(C)O2)C1C2CCCC21. The van der Waals surface area contributed by atoms with Crippen LogP contribution in [-0.2, 0) is 6.42 Å². The van der Waals surface area contributed by atoms with Gasteiger partial charge in [0.15, 0.2) is 0 Å². The van der Waals surface area contributed by atoms with Gasteiger partial charge >= 0.3 is 0 Å². The Morgan fingerprint density at radius 1 is 1.30 bits per heavy atom. The van der Waals surface area contributed by atoms with E-state index in [0.29, 0.717) is 12.1 Å². The van der Waals surface area contributed by atoms with Crippen LogP contribution in [0.1, 0.15) is 50.3 Å². The van der Waals surface area contributed by atoms with E-state index in [9.17, 15) is 0 Å². The number of benzene rings is 1. The van der Waals surface area contributed by atoms with Crippen LogP contribution in [-0.4, -0.2) is 12.6 Å². The van der Waals surface area contributed by atoms with Gasteiger partial charge in [-0.25, -0.2) is 0 Å². The van der Waals surface area contributed by atoms with Crippen molar-refractivity contribution in [3.05, 3.63) is 29.3 Å². The van der Waals surface area contributed by atoms with Crippen molar-refractivity contribution in [1.29, 1.82) is 0 Å². The number of fused-ring (bicyclic) bond motifs is 2. The Hall–Kier alpha value is -1.02. The highest BCUT2D eigenvalue weighted by Gasteiger charge is 2.55. The lowest BCUT2D eigenvalue weighted by atomic mass is 9.94. The Morgan fingerprint density at radius 3 is 2.85 bits per heavy atom. The quantitative estimate of drug-likeness (QED) is 0.901. The lowest BCUT2D eigenvalue weighted by Gasteiger charge is -2.21. The Labute approximate surface area is 121 Å². The molecule has 0 bridgehead atoms. The summed E-state index contributed by atoms with van der Waals surface area (Å²) in [5.41, 5.74) is 2.89. The maximum Gasteiger partial charge on any atom is 0.123 e. The van der Waals surface area contributed by atoms with Gasteiger partial charge in [0.05, 0.1) is 0 Å². The smallest absolute Gasteiger partial charge is 0.123 e. The summed E-state index contributed by atoms with van der Waals surface area (Å²) in [6.45, 7) is 5.45. The highest BCUT2D eigenvalue weighted by Crippen LogP contribution is 2.62. The molecule has 1 heterocycles. The lowest BCUT2D eigenvalue weighted by Crippen LogP contribution is -2.24. The molecule has 2 nitrogen and oxygen atoms in total. The maximum atomic E-state index is 5.83. The van der Waals surface area contributed by atoms with E-state index in [1.165, 1.54) is 30.4 Å². The normalized spacial score (nSPS) is 35.3. The van der Waals surface area contributed by atoms with E-state index in [2.05, 4.69) is 37.4 Å². The van der Waals surface area contributed by atoms with Crippen molar-refractivity contribution in [1.82, 2.24) is 5.32 Å². The fourth-order valence-electron chi connectivity index (χ4n) is 4.70. The van der Waals surface area contributed by atoms with Gasteiger partial charge < -0.3 is 10.1 Å². The van der Waals surface area contributed by atoms with E-state index in [-0.39, 0.29) is 0 Å². The van der Waals surface area contributed by atoms with Gasteiger partial charge in [0.1, 0.15) is 11.9 Å². The molecular formula is C18H25NO. The molecule has 4 rings (SSSR count). The van der Waals surface area contributed by atoms with Gasteiger partial charge in [0, 0.05) is 12.5 Å². The van der Waals surface area contributed by atoms with Crippen LogP contribution in [0, 0.1) is 17.8 Å². The highest BCUT2D eigenvalue weighted by molar-refractivity contribution is 5.42. The average molecular weight is 271 g/mol. The van der Waals surface area contributed by atoms with Gasteiger partial charge in [-0.15, -0.1) is 0 Å². The molecule has 1 aromatic carbocycles. The lowest BCUT2D eigenvalue weighted by molar-refractivity contribution is 0.254. The number of hydrogen-bond acceptors (Lipinski definition) is 2. The Balaban J connectivity index is 1.59. The van der Waals surface area contributed by atoms with Gasteiger partial charge in [0.2, 0.25) is 0 Å². The summed E-state index contributed by atoms with van der Waals surface area (Å²) >= 11 is 0. The van der Waals surface area contributed by atoms with Crippen molar-refractivity contribution in [2.45, 2.75) is 51.7 Å². The molecule has 0 amide bonds. The molecule has 0 aromatic heterocycles. The van der Waals surface area contributed by atoms with E-state index < -0.39 is 0 Å². The molecule has 3 aliphatic rings. The third kappa shape index (κ3) is 1.96. The predicted octanol–water partition coefficient (Wildman–Crippen LogP) is 3.71. The fourth-order valence-corrected chi connectivity index (χ4v) is 4.70. The van der Waals surface area contributed by atoms with Gasteiger partial charge in [0.25, 0.3) is 0 Å². The molecule has 4 atom stereocenters. The summed E-state index contributed by atoms with van der Waals surface area (Å²) in [6, 6.07) is 7.45. The third-order valence-electron chi connectivity index (χ3n) is 5.56. The Bertz CT molecular complexity index is 502. The van der Waals surface area contributed by atoms with Crippen molar-refractivity contribution in [3.63, 3.8) is 0 Å². The molecule has 0 radical (unpaired) electrons. The first-order valence-electron chi connectivity index (χ1n) is 8.30. The Kier molecular flexibility index (Phi) is 3.03. The van der Waals surface area contributed by atoms with E-state index in [4.69, 9.17) is 4.74 Å². The van der Waals surface area contributed by atoms with Crippen LogP contribution in [0.4, 0.5) is 0 Å². The number of hydrogen-bond donors (Lipinski definition) is 1. The molecule has 2 fully saturated rings. The van der Waals surface area contributed by atoms with Crippen molar-refractivity contribution in [3.8, 4) is 5.75 Å². The van der Waals surface area contributed by atoms with Crippen LogP contribution in [0.3, 0.4) is 0 Å². The summed E-state index contributed by atoms with van der Waals surface area (Å²) in [5, 5.41) is 3.75. The molecule has 2 saturated carbocycles. The van der Waals surface area contributed by atoms with Crippen LogP contribution >= 0.6 is 0 Å². The summed E-state index contributed by atoms with van der Waals surface area (Å²) in [4.78, 5) is 0. The minimum absolute atomic E-state index is 0.345. The first-order chi connectivity index (χ1) is 9.78. The standard InChI is InChI=1S/C18H25NO/c1-3-19-18(17-14-5-4-6-15(14)17)12-7-8-16-13(10-12)9-11(2)20-16/h7-8,10-11,14-15,17-19H,3-6,9H2,1-2H3. The van der Waals surface area contributed by atoms with Crippen LogP contribution < -0.4 is 10.1 Å². The molecule has 1 N–H and O–H groups in total. The highest BCUT2D eigenvalue weighted by atomic mass is 16.5. The molecule has 4 unspecified atom stereocenters. The minimum atomic E-state index is 0.345. The molecular weight excluding hydrogens is 246 g/mol. The monoisotopic (exact) mass is 271 g/mol. The summed E-state index contributed by atoms with van der Waals surface area (Å²) in [6.07, 6.45) is 5.79. The van der Waals surface area contributed by atoms with Crippen molar-refractivity contribution >= 4 is 0 Å². The zero-order valence-electron chi connectivity index (χ0n) is 12.6. The second-order valence-corrected chi connectivity index (χ2v) is 6.87. The Morgan fingerprint density at radius 2 is 2.10 bits per heavy atom. The van der Waals surface area contributed by atoms with E-state index in [1.807, 2.05) is 0 Å². The second kappa shape index (κ2) is 4.77. The number of nitrogens with one attached hydrogen (secondary N) is 1. The van der Waals surface area contributed by atoms with Crippen LogP contribution in [0.25, 0.3) is 0 Å². The summed E-state index contributed by atoms with van der Waals surface area (Å²) < 4.78 is 5.83. The maximum absolute atomic E-state index is 5.83. The van der Waals surface area contributed by atoms with Gasteiger partial charge in [-0.1, -0.05) is 25.5 Å². The minimum Gasteiger partial charge on any atom is -0.490 e. The first kappa shape index (κ1) is 12.7. The van der Waals surface area contributed by atoms with Gasteiger partial charge in [-0.3, -0.25) is 0 Å². The van der Waals surface area contributed by atoms with Crippen molar-refractivity contribution < 1.29 is 4.74 Å². The molecule has 2 aliphatic carbocycles. The molecule has 0 saturated heterocycles. The number of rotatable bonds is 4. The molecule has 20 heavy (non-hydrogen) atoms. The van der Waals surface area contributed by atoms with E-state index in [0.717, 1.165) is 36.5 Å². The topological polar surface area (TPSA) is 21.3 Å². The van der Waals surface area contributed by atoms with E-state index in [1.54, 1.807) is 0 Å². The fraction of sp³-hybridized carbons (Fsp3) is 0.667. The second-order valence-electron chi connectivity index (χ2n) is 6.87. The summed E-state index contributed by atoms with van der Waals surface area (Å²) in [5.74, 6) is 4.00. The van der Waals surface area contributed by atoms with Crippen molar-refractivity contribution in [2.75, 3.05) is 6.54 Å². The van der Waals surface area contributed by atoms with Crippen LogP contribution in [0.2, 0.25) is 0 Å².